The highest BCUT2D eigenvalue weighted by molar-refractivity contribution is 7.89. The van der Waals surface area contributed by atoms with Crippen LogP contribution in [0.1, 0.15) is 36.7 Å². The van der Waals surface area contributed by atoms with Crippen molar-refractivity contribution >= 4 is 33.1 Å². The number of benzene rings is 2. The number of hydrogen-bond donors (Lipinski definition) is 2. The van der Waals surface area contributed by atoms with Crippen LogP contribution in [-0.2, 0) is 14.8 Å². The van der Waals surface area contributed by atoms with Gasteiger partial charge in [0, 0.05) is 30.0 Å². The van der Waals surface area contributed by atoms with E-state index in [1.165, 1.54) is 17.3 Å². The Morgan fingerprint density at radius 3 is 2.17 bits per heavy atom. The maximum absolute atomic E-state index is 12.7. The van der Waals surface area contributed by atoms with E-state index < -0.39 is 10.0 Å². The Labute approximate surface area is 172 Å². The molecule has 0 atom stereocenters. The molecule has 0 saturated carbocycles. The summed E-state index contributed by atoms with van der Waals surface area (Å²) < 4.78 is 26.8. The molecule has 0 unspecified atom stereocenters. The van der Waals surface area contributed by atoms with Gasteiger partial charge in [-0.15, -0.1) is 0 Å². The number of Topliss-reactive ketones (excluding diaryl/α,β-unsaturated/α-hetero) is 1. The lowest BCUT2D eigenvalue weighted by atomic mass is 10.1. The van der Waals surface area contributed by atoms with Crippen LogP contribution >= 0.6 is 0 Å². The van der Waals surface area contributed by atoms with E-state index in [4.69, 9.17) is 0 Å². The van der Waals surface area contributed by atoms with Crippen molar-refractivity contribution in [2.24, 2.45) is 0 Å². The predicted molar refractivity (Wildman–Crippen MR) is 115 cm³/mol. The van der Waals surface area contributed by atoms with Gasteiger partial charge in [-0.05, 0) is 55.8 Å². The topological polar surface area (TPSA) is 95.6 Å². The first-order valence-corrected chi connectivity index (χ1v) is 10.9. The molecule has 0 aliphatic carbocycles. The quantitative estimate of drug-likeness (QED) is 0.611. The monoisotopic (exact) mass is 417 g/mol. The molecule has 7 nitrogen and oxygen atoms in total. The first-order valence-electron chi connectivity index (χ1n) is 9.44. The molecular weight excluding hydrogens is 390 g/mol. The Morgan fingerprint density at radius 2 is 1.62 bits per heavy atom. The zero-order valence-corrected chi connectivity index (χ0v) is 18.0. The zero-order chi connectivity index (χ0) is 21.6. The van der Waals surface area contributed by atoms with Crippen molar-refractivity contribution in [1.29, 1.82) is 0 Å². The van der Waals surface area contributed by atoms with E-state index in [1.807, 2.05) is 0 Å². The van der Waals surface area contributed by atoms with E-state index in [-0.39, 0.29) is 23.1 Å². The second-order valence-electron chi connectivity index (χ2n) is 6.60. The van der Waals surface area contributed by atoms with Gasteiger partial charge in [0.15, 0.2) is 5.78 Å². The fourth-order valence-corrected chi connectivity index (χ4v) is 4.29. The number of ketones is 1. The van der Waals surface area contributed by atoms with Gasteiger partial charge in [0.1, 0.15) is 0 Å². The lowest BCUT2D eigenvalue weighted by molar-refractivity contribution is -0.114. The third-order valence-electron chi connectivity index (χ3n) is 4.57. The third kappa shape index (κ3) is 5.65. The molecule has 0 bridgehead atoms. The van der Waals surface area contributed by atoms with Gasteiger partial charge in [0.05, 0.1) is 11.4 Å². The minimum atomic E-state index is -3.60. The summed E-state index contributed by atoms with van der Waals surface area (Å²) in [5.74, 6) is -0.328. The van der Waals surface area contributed by atoms with Crippen LogP contribution in [0.25, 0.3) is 0 Å². The molecule has 2 aromatic carbocycles. The second-order valence-corrected chi connectivity index (χ2v) is 8.54. The van der Waals surface area contributed by atoms with Crippen LogP contribution in [0.2, 0.25) is 0 Å². The molecule has 0 heterocycles. The Morgan fingerprint density at radius 1 is 1.00 bits per heavy atom. The summed E-state index contributed by atoms with van der Waals surface area (Å²) in [5, 5.41) is 5.74. The van der Waals surface area contributed by atoms with E-state index in [0.717, 1.165) is 5.56 Å². The number of aryl methyl sites for hydroxylation is 1. The van der Waals surface area contributed by atoms with Gasteiger partial charge in [-0.1, -0.05) is 19.9 Å². The molecule has 2 rings (SSSR count). The molecule has 2 aromatic rings. The van der Waals surface area contributed by atoms with Crippen LogP contribution < -0.4 is 10.6 Å². The molecule has 0 aliphatic rings. The summed E-state index contributed by atoms with van der Waals surface area (Å²) >= 11 is 0. The second kappa shape index (κ2) is 9.67. The van der Waals surface area contributed by atoms with Crippen molar-refractivity contribution in [1.82, 2.24) is 4.31 Å². The fraction of sp³-hybridized carbons (Fsp3) is 0.333. The van der Waals surface area contributed by atoms with Gasteiger partial charge in [-0.25, -0.2) is 8.42 Å². The van der Waals surface area contributed by atoms with Crippen molar-refractivity contribution < 1.29 is 18.0 Å². The number of sulfonamides is 1. The number of nitrogens with one attached hydrogen (secondary N) is 2. The largest absolute Gasteiger partial charge is 0.376 e. The molecule has 2 N–H and O–H groups in total. The minimum absolute atomic E-state index is 0.00583. The molecule has 0 fully saturated rings. The molecule has 29 heavy (non-hydrogen) atoms. The standard InChI is InChI=1S/C21H27N3O4S/c1-5-24(6-2)29(27,28)19-12-7-15(3)20(13-19)23-21(26)14-22-18-10-8-17(9-11-18)16(4)25/h7-13,22H,5-6,14H2,1-4H3,(H,23,26). The van der Waals surface area contributed by atoms with Crippen molar-refractivity contribution in [3.63, 3.8) is 0 Å². The summed E-state index contributed by atoms with van der Waals surface area (Å²) in [4.78, 5) is 23.8. The molecule has 0 spiro atoms. The molecule has 0 radical (unpaired) electrons. The van der Waals surface area contributed by atoms with Crippen LogP contribution in [0.15, 0.2) is 47.4 Å². The van der Waals surface area contributed by atoms with E-state index in [0.29, 0.717) is 30.0 Å². The maximum Gasteiger partial charge on any atom is 0.243 e. The summed E-state index contributed by atoms with van der Waals surface area (Å²) in [6, 6.07) is 11.6. The molecular formula is C21H27N3O4S. The van der Waals surface area contributed by atoms with Crippen molar-refractivity contribution in [2.45, 2.75) is 32.6 Å². The smallest absolute Gasteiger partial charge is 0.243 e. The Kier molecular flexibility index (Phi) is 7.53. The van der Waals surface area contributed by atoms with Gasteiger partial charge >= 0.3 is 0 Å². The molecule has 156 valence electrons. The van der Waals surface area contributed by atoms with Crippen LogP contribution in [-0.4, -0.2) is 44.0 Å². The average Bonchev–Trinajstić information content (AvgIpc) is 2.69. The van der Waals surface area contributed by atoms with Crippen LogP contribution in [0, 0.1) is 6.92 Å². The van der Waals surface area contributed by atoms with Gasteiger partial charge in [0.25, 0.3) is 0 Å². The maximum atomic E-state index is 12.7. The number of carbonyl (C=O) groups is 2. The first-order chi connectivity index (χ1) is 13.7. The normalized spacial score (nSPS) is 11.3. The van der Waals surface area contributed by atoms with E-state index in [1.54, 1.807) is 57.2 Å². The van der Waals surface area contributed by atoms with E-state index in [2.05, 4.69) is 10.6 Å². The zero-order valence-electron chi connectivity index (χ0n) is 17.2. The molecule has 0 aliphatic heterocycles. The SMILES string of the molecule is CCN(CC)S(=O)(=O)c1ccc(C)c(NC(=O)CNc2ccc(C(C)=O)cc2)c1. The Bertz CT molecular complexity index is 981. The Hall–Kier alpha value is -2.71. The van der Waals surface area contributed by atoms with Crippen LogP contribution in [0.5, 0.6) is 0 Å². The van der Waals surface area contributed by atoms with Gasteiger partial charge < -0.3 is 10.6 Å². The van der Waals surface area contributed by atoms with Crippen molar-refractivity contribution in [2.75, 3.05) is 30.3 Å². The summed E-state index contributed by atoms with van der Waals surface area (Å²) in [6.45, 7) is 7.62. The average molecular weight is 418 g/mol. The molecule has 8 heteroatoms. The predicted octanol–water partition coefficient (Wildman–Crippen LogP) is 3.28. The molecule has 0 aromatic heterocycles. The minimum Gasteiger partial charge on any atom is -0.376 e. The van der Waals surface area contributed by atoms with Gasteiger partial charge in [-0.3, -0.25) is 9.59 Å². The number of nitrogens with zero attached hydrogens (tertiary/aromatic N) is 1. The number of anilines is 2. The highest BCUT2D eigenvalue weighted by Gasteiger charge is 2.22. The molecule has 1 amide bonds. The highest BCUT2D eigenvalue weighted by atomic mass is 32.2. The van der Waals surface area contributed by atoms with Crippen LogP contribution in [0.3, 0.4) is 0 Å². The van der Waals surface area contributed by atoms with Crippen molar-refractivity contribution in [3.8, 4) is 0 Å². The number of hydrogen-bond acceptors (Lipinski definition) is 5. The highest BCUT2D eigenvalue weighted by Crippen LogP contribution is 2.23. The number of rotatable bonds is 9. The summed E-state index contributed by atoms with van der Waals surface area (Å²) in [6.07, 6.45) is 0. The third-order valence-corrected chi connectivity index (χ3v) is 6.62. The lowest BCUT2D eigenvalue weighted by Gasteiger charge is -2.19. The summed E-state index contributed by atoms with van der Waals surface area (Å²) in [7, 11) is -3.60. The van der Waals surface area contributed by atoms with Crippen LogP contribution in [0.4, 0.5) is 11.4 Å². The lowest BCUT2D eigenvalue weighted by Crippen LogP contribution is -2.30. The van der Waals surface area contributed by atoms with E-state index in [9.17, 15) is 18.0 Å². The van der Waals surface area contributed by atoms with Gasteiger partial charge in [0.2, 0.25) is 15.9 Å². The van der Waals surface area contributed by atoms with E-state index >= 15 is 0 Å². The Balaban J connectivity index is 2.09. The fourth-order valence-electron chi connectivity index (χ4n) is 2.81. The number of amides is 1. The van der Waals surface area contributed by atoms with Gasteiger partial charge in [-0.2, -0.15) is 4.31 Å². The van der Waals surface area contributed by atoms with Crippen molar-refractivity contribution in [3.05, 3.63) is 53.6 Å². The summed E-state index contributed by atoms with van der Waals surface area (Å²) in [5.41, 5.74) is 2.53. The number of carbonyl (C=O) groups excluding carboxylic acids is 2. The molecule has 0 saturated heterocycles. The first kappa shape index (κ1) is 22.6.